The topological polar surface area (TPSA) is 52.0 Å². The summed E-state index contributed by atoms with van der Waals surface area (Å²) >= 11 is 0. The lowest BCUT2D eigenvalue weighted by atomic mass is 10.2. The molecule has 0 atom stereocenters. The largest absolute Gasteiger partial charge is 0.251 e. The summed E-state index contributed by atoms with van der Waals surface area (Å²) in [5.41, 5.74) is 4.62. The molecule has 1 aromatic rings. The van der Waals surface area contributed by atoms with Gasteiger partial charge in [0.2, 0.25) is 0 Å². The van der Waals surface area contributed by atoms with Crippen molar-refractivity contribution in [3.63, 3.8) is 0 Å². The molecule has 4 nitrogen and oxygen atoms in total. The second-order valence-electron chi connectivity index (χ2n) is 2.89. The lowest BCUT2D eigenvalue weighted by molar-refractivity contribution is 0.286. The third-order valence-corrected chi connectivity index (χ3v) is 1.54. The zero-order valence-electron chi connectivity index (χ0n) is 7.78. The lowest BCUT2D eigenvalue weighted by Crippen LogP contribution is -2.29. The maximum atomic E-state index is 8.60. The summed E-state index contributed by atoms with van der Waals surface area (Å²) in [6.45, 7) is 0.712. The highest BCUT2D eigenvalue weighted by Gasteiger charge is 1.95. The average molecular weight is 176 g/mol. The minimum Gasteiger partial charge on any atom is -0.251 e. The molecule has 0 bridgehead atoms. The van der Waals surface area contributed by atoms with Crippen LogP contribution in [-0.4, -0.2) is 24.1 Å². The monoisotopic (exact) mass is 176 g/mol. The third kappa shape index (κ3) is 3.20. The highest BCUT2D eigenvalue weighted by atomic mass is 15.5. The van der Waals surface area contributed by atoms with Gasteiger partial charge in [-0.15, -0.1) is 0 Å². The lowest BCUT2D eigenvalue weighted by Gasteiger charge is -2.11. The summed E-state index contributed by atoms with van der Waals surface area (Å²) < 4.78 is 0. The van der Waals surface area contributed by atoms with Gasteiger partial charge in [-0.25, -0.2) is 4.98 Å². The number of hydrogen-bond donors (Lipinski definition) is 1. The molecule has 0 radical (unpaired) electrons. The van der Waals surface area contributed by atoms with Crippen LogP contribution in [0.5, 0.6) is 0 Å². The first-order chi connectivity index (χ1) is 6.22. The van der Waals surface area contributed by atoms with E-state index in [4.69, 9.17) is 5.26 Å². The molecule has 0 fully saturated rings. The molecule has 0 aliphatic carbocycles. The van der Waals surface area contributed by atoms with E-state index in [1.54, 1.807) is 12.3 Å². The van der Waals surface area contributed by atoms with Crippen LogP contribution in [0.3, 0.4) is 0 Å². The highest BCUT2D eigenvalue weighted by molar-refractivity contribution is 5.25. The van der Waals surface area contributed by atoms with Crippen LogP contribution in [0, 0.1) is 11.3 Å². The van der Waals surface area contributed by atoms with Crippen LogP contribution in [0.15, 0.2) is 18.3 Å². The summed E-state index contributed by atoms with van der Waals surface area (Å²) in [6.07, 6.45) is 1.64. The van der Waals surface area contributed by atoms with Crippen molar-refractivity contribution in [2.24, 2.45) is 0 Å². The fourth-order valence-corrected chi connectivity index (χ4v) is 0.895. The average Bonchev–Trinajstić information content (AvgIpc) is 2.15. The zero-order chi connectivity index (χ0) is 9.68. The van der Waals surface area contributed by atoms with Crippen LogP contribution in [0.25, 0.3) is 0 Å². The quantitative estimate of drug-likeness (QED) is 0.682. The Morgan fingerprint density at radius 3 is 3.00 bits per heavy atom. The van der Waals surface area contributed by atoms with E-state index in [1.807, 2.05) is 31.2 Å². The molecule has 0 aromatic carbocycles. The first-order valence-corrected chi connectivity index (χ1v) is 3.98. The Bertz CT molecular complexity index is 314. The van der Waals surface area contributed by atoms with E-state index in [1.165, 1.54) is 0 Å². The van der Waals surface area contributed by atoms with Crippen LogP contribution in [-0.2, 0) is 6.54 Å². The number of hydrazine groups is 1. The zero-order valence-corrected chi connectivity index (χ0v) is 7.78. The Labute approximate surface area is 77.8 Å². The van der Waals surface area contributed by atoms with Gasteiger partial charge in [-0.3, -0.25) is 10.4 Å². The van der Waals surface area contributed by atoms with Gasteiger partial charge >= 0.3 is 0 Å². The van der Waals surface area contributed by atoms with Crippen molar-refractivity contribution in [1.82, 2.24) is 15.4 Å². The number of rotatable bonds is 3. The number of nitriles is 1. The van der Waals surface area contributed by atoms with Gasteiger partial charge in [0.1, 0.15) is 11.8 Å². The molecule has 0 aliphatic heterocycles. The molecular weight excluding hydrogens is 164 g/mol. The fourth-order valence-electron chi connectivity index (χ4n) is 0.895. The first kappa shape index (κ1) is 9.65. The number of pyridine rings is 1. The second kappa shape index (κ2) is 4.55. The molecule has 1 N–H and O–H groups in total. The Morgan fingerprint density at radius 2 is 2.38 bits per heavy atom. The van der Waals surface area contributed by atoms with Crippen molar-refractivity contribution in [1.29, 1.82) is 5.26 Å². The predicted octanol–water partition coefficient (Wildman–Crippen LogP) is 0.519. The highest BCUT2D eigenvalue weighted by Crippen LogP contribution is 1.99. The van der Waals surface area contributed by atoms with Crippen molar-refractivity contribution in [3.05, 3.63) is 29.6 Å². The van der Waals surface area contributed by atoms with E-state index in [0.29, 0.717) is 12.2 Å². The van der Waals surface area contributed by atoms with E-state index >= 15 is 0 Å². The van der Waals surface area contributed by atoms with Gasteiger partial charge in [-0.2, -0.15) is 5.26 Å². The molecule has 1 heterocycles. The van der Waals surface area contributed by atoms with Crippen molar-refractivity contribution in [2.75, 3.05) is 14.1 Å². The van der Waals surface area contributed by atoms with Crippen LogP contribution in [0.4, 0.5) is 0 Å². The standard InChI is InChI=1S/C9H12N4/c1-13(2)12-7-8-3-4-11-9(5-8)6-10/h3-5,12H,7H2,1-2H3. The van der Waals surface area contributed by atoms with Gasteiger partial charge < -0.3 is 0 Å². The Balaban J connectivity index is 2.63. The third-order valence-electron chi connectivity index (χ3n) is 1.54. The van der Waals surface area contributed by atoms with Crippen LogP contribution in [0.1, 0.15) is 11.3 Å². The SMILES string of the molecule is CN(C)NCc1ccnc(C#N)c1. The Hall–Kier alpha value is -1.44. The second-order valence-corrected chi connectivity index (χ2v) is 2.89. The fraction of sp³-hybridized carbons (Fsp3) is 0.333. The van der Waals surface area contributed by atoms with Crippen molar-refractivity contribution in [3.8, 4) is 6.07 Å². The number of hydrogen-bond acceptors (Lipinski definition) is 4. The minimum absolute atomic E-state index is 0.457. The number of nitrogens with zero attached hydrogens (tertiary/aromatic N) is 3. The molecule has 0 unspecified atom stereocenters. The molecule has 0 spiro atoms. The molecule has 0 aliphatic rings. The van der Waals surface area contributed by atoms with Crippen molar-refractivity contribution in [2.45, 2.75) is 6.54 Å². The van der Waals surface area contributed by atoms with Crippen LogP contribution < -0.4 is 5.43 Å². The van der Waals surface area contributed by atoms with Crippen molar-refractivity contribution >= 4 is 0 Å². The van der Waals surface area contributed by atoms with E-state index < -0.39 is 0 Å². The Morgan fingerprint density at radius 1 is 1.62 bits per heavy atom. The molecule has 4 heteroatoms. The van der Waals surface area contributed by atoms with Gasteiger partial charge in [0.25, 0.3) is 0 Å². The van der Waals surface area contributed by atoms with E-state index in [0.717, 1.165) is 5.56 Å². The first-order valence-electron chi connectivity index (χ1n) is 3.98. The maximum absolute atomic E-state index is 8.60. The van der Waals surface area contributed by atoms with E-state index in [2.05, 4.69) is 10.4 Å². The molecule has 13 heavy (non-hydrogen) atoms. The molecule has 0 saturated carbocycles. The summed E-state index contributed by atoms with van der Waals surface area (Å²) in [6, 6.07) is 5.66. The number of aromatic nitrogens is 1. The minimum atomic E-state index is 0.457. The van der Waals surface area contributed by atoms with Gasteiger partial charge in [0.05, 0.1) is 0 Å². The van der Waals surface area contributed by atoms with Gasteiger partial charge in [-0.1, -0.05) is 0 Å². The van der Waals surface area contributed by atoms with Gasteiger partial charge in [0, 0.05) is 26.8 Å². The summed E-state index contributed by atoms with van der Waals surface area (Å²) in [4.78, 5) is 3.88. The summed E-state index contributed by atoms with van der Waals surface area (Å²) in [5, 5.41) is 10.5. The molecule has 1 aromatic heterocycles. The molecule has 1 rings (SSSR count). The van der Waals surface area contributed by atoms with Gasteiger partial charge in [-0.05, 0) is 17.7 Å². The van der Waals surface area contributed by atoms with E-state index in [-0.39, 0.29) is 0 Å². The summed E-state index contributed by atoms with van der Waals surface area (Å²) in [7, 11) is 3.85. The van der Waals surface area contributed by atoms with Crippen LogP contribution >= 0.6 is 0 Å². The number of nitrogens with one attached hydrogen (secondary N) is 1. The molecule has 0 saturated heterocycles. The normalized spacial score (nSPS) is 10.0. The molecule has 0 amide bonds. The van der Waals surface area contributed by atoms with Crippen LogP contribution in [0.2, 0.25) is 0 Å². The van der Waals surface area contributed by atoms with Crippen molar-refractivity contribution < 1.29 is 0 Å². The molecule has 68 valence electrons. The van der Waals surface area contributed by atoms with E-state index in [9.17, 15) is 0 Å². The Kier molecular flexibility index (Phi) is 3.38. The molecular formula is C9H12N4. The maximum Gasteiger partial charge on any atom is 0.140 e. The predicted molar refractivity (Wildman–Crippen MR) is 49.5 cm³/mol. The summed E-state index contributed by atoms with van der Waals surface area (Å²) in [5.74, 6) is 0. The smallest absolute Gasteiger partial charge is 0.140 e. The van der Waals surface area contributed by atoms with Gasteiger partial charge in [0.15, 0.2) is 0 Å².